The predicted molar refractivity (Wildman–Crippen MR) is 81.7 cm³/mol. The number of benzene rings is 2. The van der Waals surface area contributed by atoms with E-state index >= 15 is 0 Å². The third-order valence-corrected chi connectivity index (χ3v) is 3.34. The van der Waals surface area contributed by atoms with E-state index in [1.54, 1.807) is 6.07 Å². The molecule has 2 rings (SSSR count). The lowest BCUT2D eigenvalue weighted by molar-refractivity contribution is 0.254. The maximum absolute atomic E-state index is 13.8. The molecule has 2 N–H and O–H groups in total. The van der Waals surface area contributed by atoms with Crippen LogP contribution in [0.5, 0.6) is 0 Å². The predicted octanol–water partition coefficient (Wildman–Crippen LogP) is 3.82. The van der Waals surface area contributed by atoms with Gasteiger partial charge < -0.3 is 5.73 Å². The summed E-state index contributed by atoms with van der Waals surface area (Å²) in [4.78, 5) is 2.23. The molecular formula is C17H21FN2. The molecule has 0 aromatic heterocycles. The fraction of sp³-hybridized carbons (Fsp3) is 0.294. The standard InChI is InChI=1S/C17H21FN2/c1-2-11-20(12-14-7-3-5-9-16(14)18)13-15-8-4-6-10-17(15)19/h3-10H,2,11-13,19H2,1H3. The highest BCUT2D eigenvalue weighted by molar-refractivity contribution is 5.46. The minimum Gasteiger partial charge on any atom is -0.398 e. The first-order valence-electron chi connectivity index (χ1n) is 7.00. The molecule has 0 radical (unpaired) electrons. The first-order valence-corrected chi connectivity index (χ1v) is 7.00. The van der Waals surface area contributed by atoms with Crippen molar-refractivity contribution in [1.29, 1.82) is 0 Å². The molecule has 0 bridgehead atoms. The van der Waals surface area contributed by atoms with Gasteiger partial charge in [0.15, 0.2) is 0 Å². The van der Waals surface area contributed by atoms with E-state index in [2.05, 4.69) is 11.8 Å². The zero-order chi connectivity index (χ0) is 14.4. The molecule has 0 spiro atoms. The van der Waals surface area contributed by atoms with Gasteiger partial charge in [-0.15, -0.1) is 0 Å². The second-order valence-electron chi connectivity index (χ2n) is 5.00. The molecule has 2 nitrogen and oxygen atoms in total. The number of hydrogen-bond acceptors (Lipinski definition) is 2. The van der Waals surface area contributed by atoms with Crippen molar-refractivity contribution < 1.29 is 4.39 Å². The molecule has 0 unspecified atom stereocenters. The van der Waals surface area contributed by atoms with Gasteiger partial charge in [-0.1, -0.05) is 43.3 Å². The Bertz CT molecular complexity index is 507. The zero-order valence-corrected chi connectivity index (χ0v) is 11.8. The molecule has 0 saturated heterocycles. The SMILES string of the molecule is CCCN(Cc1ccccc1N)Cc1ccccc1F. The van der Waals surface area contributed by atoms with Gasteiger partial charge in [0.2, 0.25) is 0 Å². The summed E-state index contributed by atoms with van der Waals surface area (Å²) in [6.45, 7) is 4.40. The van der Waals surface area contributed by atoms with E-state index in [0.717, 1.165) is 36.3 Å². The summed E-state index contributed by atoms with van der Waals surface area (Å²) in [5, 5.41) is 0. The molecule has 0 fully saturated rings. The van der Waals surface area contributed by atoms with Crippen LogP contribution in [-0.2, 0) is 13.1 Å². The minimum absolute atomic E-state index is 0.144. The van der Waals surface area contributed by atoms with Gasteiger partial charge in [0, 0.05) is 24.3 Å². The van der Waals surface area contributed by atoms with E-state index in [9.17, 15) is 4.39 Å². The summed E-state index contributed by atoms with van der Waals surface area (Å²) in [6.07, 6.45) is 1.03. The Morgan fingerprint density at radius 3 is 2.20 bits per heavy atom. The van der Waals surface area contributed by atoms with Crippen LogP contribution in [0.2, 0.25) is 0 Å². The number of para-hydroxylation sites is 1. The number of hydrogen-bond donors (Lipinski definition) is 1. The molecule has 0 saturated carbocycles. The maximum Gasteiger partial charge on any atom is 0.127 e. The average Bonchev–Trinajstić information content (AvgIpc) is 2.44. The lowest BCUT2D eigenvalue weighted by Crippen LogP contribution is -2.24. The van der Waals surface area contributed by atoms with Gasteiger partial charge in [-0.2, -0.15) is 0 Å². The number of halogens is 1. The van der Waals surface area contributed by atoms with Crippen molar-refractivity contribution in [2.75, 3.05) is 12.3 Å². The second-order valence-corrected chi connectivity index (χ2v) is 5.00. The van der Waals surface area contributed by atoms with Crippen LogP contribution < -0.4 is 5.73 Å². The van der Waals surface area contributed by atoms with Crippen LogP contribution in [0.4, 0.5) is 10.1 Å². The van der Waals surface area contributed by atoms with Crippen molar-refractivity contribution >= 4 is 5.69 Å². The Labute approximate surface area is 120 Å². The summed E-state index contributed by atoms with van der Waals surface area (Å²) in [6, 6.07) is 14.8. The largest absolute Gasteiger partial charge is 0.398 e. The van der Waals surface area contributed by atoms with Crippen molar-refractivity contribution in [3.8, 4) is 0 Å². The van der Waals surface area contributed by atoms with E-state index in [-0.39, 0.29) is 5.82 Å². The van der Waals surface area contributed by atoms with Crippen molar-refractivity contribution in [3.63, 3.8) is 0 Å². The highest BCUT2D eigenvalue weighted by Gasteiger charge is 2.10. The van der Waals surface area contributed by atoms with Crippen molar-refractivity contribution in [2.24, 2.45) is 0 Å². The van der Waals surface area contributed by atoms with Crippen LogP contribution in [0.3, 0.4) is 0 Å². The first-order chi connectivity index (χ1) is 9.70. The molecule has 2 aromatic carbocycles. The van der Waals surface area contributed by atoms with Gasteiger partial charge in [0.25, 0.3) is 0 Å². The molecule has 0 aliphatic heterocycles. The average molecular weight is 272 g/mol. The Hall–Kier alpha value is -1.87. The molecule has 0 amide bonds. The van der Waals surface area contributed by atoms with Crippen LogP contribution in [0.1, 0.15) is 24.5 Å². The zero-order valence-electron chi connectivity index (χ0n) is 11.8. The summed E-state index contributed by atoms with van der Waals surface area (Å²) in [5.74, 6) is -0.144. The van der Waals surface area contributed by atoms with Crippen molar-refractivity contribution in [2.45, 2.75) is 26.4 Å². The lowest BCUT2D eigenvalue weighted by Gasteiger charge is -2.23. The molecule has 20 heavy (non-hydrogen) atoms. The van der Waals surface area contributed by atoms with Crippen LogP contribution in [0.15, 0.2) is 48.5 Å². The third kappa shape index (κ3) is 3.81. The molecular weight excluding hydrogens is 251 g/mol. The monoisotopic (exact) mass is 272 g/mol. The van der Waals surface area contributed by atoms with Crippen molar-refractivity contribution in [1.82, 2.24) is 4.90 Å². The van der Waals surface area contributed by atoms with Crippen LogP contribution in [0, 0.1) is 5.82 Å². The molecule has 0 aliphatic carbocycles. The smallest absolute Gasteiger partial charge is 0.127 e. The summed E-state index contributed by atoms with van der Waals surface area (Å²) in [7, 11) is 0. The second kappa shape index (κ2) is 7.06. The molecule has 0 aliphatic rings. The highest BCUT2D eigenvalue weighted by Crippen LogP contribution is 2.17. The van der Waals surface area contributed by atoms with Gasteiger partial charge >= 0.3 is 0 Å². The summed E-state index contributed by atoms with van der Waals surface area (Å²) >= 11 is 0. The summed E-state index contributed by atoms with van der Waals surface area (Å²) < 4.78 is 13.8. The van der Waals surface area contributed by atoms with E-state index in [0.29, 0.717) is 6.54 Å². The normalized spacial score (nSPS) is 10.9. The lowest BCUT2D eigenvalue weighted by atomic mass is 10.1. The van der Waals surface area contributed by atoms with Gasteiger partial charge in [0.05, 0.1) is 0 Å². The Morgan fingerprint density at radius 2 is 1.55 bits per heavy atom. The topological polar surface area (TPSA) is 29.3 Å². The minimum atomic E-state index is -0.144. The van der Waals surface area contributed by atoms with E-state index < -0.39 is 0 Å². The van der Waals surface area contributed by atoms with Crippen LogP contribution in [-0.4, -0.2) is 11.4 Å². The molecule has 2 aromatic rings. The van der Waals surface area contributed by atoms with E-state index in [1.165, 1.54) is 6.07 Å². The highest BCUT2D eigenvalue weighted by atomic mass is 19.1. The third-order valence-electron chi connectivity index (χ3n) is 3.34. The van der Waals surface area contributed by atoms with Gasteiger partial charge in [0.1, 0.15) is 5.82 Å². The fourth-order valence-corrected chi connectivity index (χ4v) is 2.32. The van der Waals surface area contributed by atoms with Crippen molar-refractivity contribution in [3.05, 3.63) is 65.5 Å². The summed E-state index contributed by atoms with van der Waals surface area (Å²) in [5.41, 5.74) is 8.61. The fourth-order valence-electron chi connectivity index (χ4n) is 2.32. The van der Waals surface area contributed by atoms with Crippen LogP contribution >= 0.6 is 0 Å². The molecule has 0 heterocycles. The molecule has 106 valence electrons. The molecule has 0 atom stereocenters. The van der Waals surface area contributed by atoms with Gasteiger partial charge in [-0.25, -0.2) is 4.39 Å². The number of rotatable bonds is 6. The van der Waals surface area contributed by atoms with E-state index in [4.69, 9.17) is 5.73 Å². The Kier molecular flexibility index (Phi) is 5.13. The number of nitrogens with two attached hydrogens (primary N) is 1. The Morgan fingerprint density at radius 1 is 0.950 bits per heavy atom. The quantitative estimate of drug-likeness (QED) is 0.810. The number of anilines is 1. The first kappa shape index (κ1) is 14.5. The van der Waals surface area contributed by atoms with Gasteiger partial charge in [-0.05, 0) is 30.7 Å². The number of nitrogen functional groups attached to an aromatic ring is 1. The van der Waals surface area contributed by atoms with E-state index in [1.807, 2.05) is 36.4 Å². The van der Waals surface area contributed by atoms with Gasteiger partial charge in [-0.3, -0.25) is 4.90 Å². The maximum atomic E-state index is 13.8. The molecule has 3 heteroatoms. The van der Waals surface area contributed by atoms with Crippen LogP contribution in [0.25, 0.3) is 0 Å². The number of nitrogens with zero attached hydrogens (tertiary/aromatic N) is 1. The Balaban J connectivity index is 2.12.